The summed E-state index contributed by atoms with van der Waals surface area (Å²) in [6.45, 7) is 5.50. The highest BCUT2D eigenvalue weighted by atomic mass is 79.9. The smallest absolute Gasteiger partial charge is 0.338 e. The summed E-state index contributed by atoms with van der Waals surface area (Å²) in [6, 6.07) is 6.64. The largest absolute Gasteiger partial charge is 0.459 e. The van der Waals surface area contributed by atoms with E-state index in [1.54, 1.807) is 6.92 Å². The number of hydrogen-bond acceptors (Lipinski definition) is 3. The predicted octanol–water partition coefficient (Wildman–Crippen LogP) is 3.42. The fraction of sp³-hybridized carbons (Fsp3) is 0.375. The zero-order chi connectivity index (χ0) is 16.3. The number of benzene rings is 1. The van der Waals surface area contributed by atoms with Crippen LogP contribution in [0.2, 0.25) is 0 Å². The average Bonchev–Trinajstić information content (AvgIpc) is 2.46. The molecule has 0 aliphatic carbocycles. The van der Waals surface area contributed by atoms with Gasteiger partial charge < -0.3 is 15.4 Å². The molecule has 0 unspecified atom stereocenters. The van der Waals surface area contributed by atoms with Gasteiger partial charge in [-0.2, -0.15) is 0 Å². The molecular formula is C16H19BrN2O3. The van der Waals surface area contributed by atoms with E-state index >= 15 is 0 Å². The zero-order valence-electron chi connectivity index (χ0n) is 12.8. The number of hydrogen-bond donors (Lipinski definition) is 2. The molecule has 0 bridgehead atoms. The number of ether oxygens (including phenoxy) is 1. The van der Waals surface area contributed by atoms with Crippen LogP contribution in [0.25, 0.3) is 0 Å². The number of urea groups is 1. The van der Waals surface area contributed by atoms with Crippen molar-refractivity contribution in [3.63, 3.8) is 0 Å². The van der Waals surface area contributed by atoms with Crippen molar-refractivity contribution < 1.29 is 14.3 Å². The minimum absolute atomic E-state index is 0.173. The Labute approximate surface area is 138 Å². The maximum absolute atomic E-state index is 12.5. The average molecular weight is 367 g/mol. The molecule has 0 radical (unpaired) electrons. The maximum Gasteiger partial charge on any atom is 0.338 e. The molecule has 118 valence electrons. The van der Waals surface area contributed by atoms with Gasteiger partial charge in [0.05, 0.1) is 17.7 Å². The van der Waals surface area contributed by atoms with Gasteiger partial charge in [-0.3, -0.25) is 0 Å². The third-order valence-electron chi connectivity index (χ3n) is 3.55. The molecule has 1 aromatic rings. The Bertz CT molecular complexity index is 628. The SMILES string of the molecule is CC[C@H](C)OC(=O)C1=C(C)NC(=O)N[C@@H]1c1cccc(Br)c1. The van der Waals surface area contributed by atoms with Gasteiger partial charge in [0.15, 0.2) is 0 Å². The molecule has 0 aromatic heterocycles. The highest BCUT2D eigenvalue weighted by Crippen LogP contribution is 2.29. The molecule has 6 heteroatoms. The van der Waals surface area contributed by atoms with Crippen LogP contribution in [0.15, 0.2) is 40.0 Å². The van der Waals surface area contributed by atoms with Crippen molar-refractivity contribution in [3.8, 4) is 0 Å². The van der Waals surface area contributed by atoms with Crippen LogP contribution in [0, 0.1) is 0 Å². The molecular weight excluding hydrogens is 348 g/mol. The Kier molecular flexibility index (Phi) is 5.24. The molecule has 1 aliphatic heterocycles. The van der Waals surface area contributed by atoms with E-state index < -0.39 is 12.0 Å². The third kappa shape index (κ3) is 3.68. The molecule has 5 nitrogen and oxygen atoms in total. The number of carbonyl (C=O) groups excluding carboxylic acids is 2. The standard InChI is InChI=1S/C16H19BrN2O3/c1-4-9(2)22-15(20)13-10(3)18-16(21)19-14(13)11-6-5-7-12(17)8-11/h5-9,14H,4H2,1-3H3,(H2,18,19,21)/t9-,14+/m0/s1. The van der Waals surface area contributed by atoms with Gasteiger partial charge in [0.2, 0.25) is 0 Å². The molecule has 2 atom stereocenters. The topological polar surface area (TPSA) is 67.4 Å². The highest BCUT2D eigenvalue weighted by Gasteiger charge is 2.32. The summed E-state index contributed by atoms with van der Waals surface area (Å²) in [7, 11) is 0. The van der Waals surface area contributed by atoms with E-state index in [0.29, 0.717) is 11.3 Å². The lowest BCUT2D eigenvalue weighted by atomic mass is 9.95. The van der Waals surface area contributed by atoms with Crippen molar-refractivity contribution in [2.75, 3.05) is 0 Å². The second kappa shape index (κ2) is 6.96. The maximum atomic E-state index is 12.5. The van der Waals surface area contributed by atoms with E-state index in [1.165, 1.54) is 0 Å². The number of halogens is 1. The van der Waals surface area contributed by atoms with Crippen molar-refractivity contribution in [1.29, 1.82) is 0 Å². The molecule has 1 heterocycles. The molecule has 1 aliphatic rings. The number of amides is 2. The summed E-state index contributed by atoms with van der Waals surface area (Å²) in [6.07, 6.45) is 0.563. The van der Waals surface area contributed by atoms with Crippen molar-refractivity contribution in [3.05, 3.63) is 45.6 Å². The van der Waals surface area contributed by atoms with E-state index in [2.05, 4.69) is 26.6 Å². The fourth-order valence-electron chi connectivity index (χ4n) is 2.23. The van der Waals surface area contributed by atoms with Crippen LogP contribution in [0.3, 0.4) is 0 Å². The van der Waals surface area contributed by atoms with Gasteiger partial charge in [-0.05, 0) is 38.0 Å². The zero-order valence-corrected chi connectivity index (χ0v) is 14.4. The van der Waals surface area contributed by atoms with Crippen molar-refractivity contribution >= 4 is 27.9 Å². The molecule has 0 saturated heterocycles. The number of rotatable bonds is 4. The van der Waals surface area contributed by atoms with Crippen LogP contribution < -0.4 is 10.6 Å². The normalized spacial score (nSPS) is 19.3. The summed E-state index contributed by atoms with van der Waals surface area (Å²) in [4.78, 5) is 24.2. The van der Waals surface area contributed by atoms with Crippen LogP contribution in [0.1, 0.15) is 38.8 Å². The van der Waals surface area contributed by atoms with Crippen LogP contribution in [-0.4, -0.2) is 18.1 Å². The quantitative estimate of drug-likeness (QED) is 0.802. The Morgan fingerprint density at radius 3 is 2.82 bits per heavy atom. The Morgan fingerprint density at radius 1 is 1.45 bits per heavy atom. The van der Waals surface area contributed by atoms with Gasteiger partial charge >= 0.3 is 12.0 Å². The van der Waals surface area contributed by atoms with Crippen molar-refractivity contribution in [2.24, 2.45) is 0 Å². The predicted molar refractivity (Wildman–Crippen MR) is 87.1 cm³/mol. The molecule has 22 heavy (non-hydrogen) atoms. The summed E-state index contributed by atoms with van der Waals surface area (Å²) in [5, 5.41) is 5.42. The fourth-order valence-corrected chi connectivity index (χ4v) is 2.65. The van der Waals surface area contributed by atoms with Gasteiger partial charge in [0.25, 0.3) is 0 Å². The highest BCUT2D eigenvalue weighted by molar-refractivity contribution is 9.10. The summed E-state index contributed by atoms with van der Waals surface area (Å²) >= 11 is 3.41. The Hall–Kier alpha value is -1.82. The molecule has 1 aromatic carbocycles. The monoisotopic (exact) mass is 366 g/mol. The van der Waals surface area contributed by atoms with Crippen molar-refractivity contribution in [1.82, 2.24) is 10.6 Å². The lowest BCUT2D eigenvalue weighted by molar-refractivity contribution is -0.144. The summed E-state index contributed by atoms with van der Waals surface area (Å²) in [5.74, 6) is -0.413. The van der Waals surface area contributed by atoms with Gasteiger partial charge in [-0.25, -0.2) is 9.59 Å². The first kappa shape index (κ1) is 16.5. The molecule has 2 N–H and O–H groups in total. The van der Waals surface area contributed by atoms with Crippen LogP contribution in [0.4, 0.5) is 4.79 Å². The molecule has 2 amide bonds. The number of allylic oxidation sites excluding steroid dienone is 1. The Morgan fingerprint density at radius 2 is 2.18 bits per heavy atom. The molecule has 2 rings (SSSR count). The minimum atomic E-state index is -0.525. The first-order chi connectivity index (χ1) is 10.4. The van der Waals surface area contributed by atoms with E-state index in [4.69, 9.17) is 4.74 Å². The number of esters is 1. The van der Waals surface area contributed by atoms with Crippen LogP contribution in [0.5, 0.6) is 0 Å². The Balaban J connectivity index is 2.39. The second-order valence-corrected chi connectivity index (χ2v) is 6.17. The third-order valence-corrected chi connectivity index (χ3v) is 4.05. The summed E-state index contributed by atoms with van der Waals surface area (Å²) < 4.78 is 6.31. The van der Waals surface area contributed by atoms with Crippen LogP contribution in [-0.2, 0) is 9.53 Å². The molecule has 0 saturated carbocycles. The second-order valence-electron chi connectivity index (χ2n) is 5.25. The van der Waals surface area contributed by atoms with E-state index in [0.717, 1.165) is 16.5 Å². The minimum Gasteiger partial charge on any atom is -0.459 e. The number of carbonyl (C=O) groups is 2. The lowest BCUT2D eigenvalue weighted by Gasteiger charge is -2.29. The van der Waals surface area contributed by atoms with Gasteiger partial charge in [-0.15, -0.1) is 0 Å². The first-order valence-electron chi connectivity index (χ1n) is 7.17. The van der Waals surface area contributed by atoms with Gasteiger partial charge in [0, 0.05) is 10.2 Å². The molecule has 0 fully saturated rings. The number of nitrogens with one attached hydrogen (secondary N) is 2. The van der Waals surface area contributed by atoms with Gasteiger partial charge in [0.1, 0.15) is 0 Å². The van der Waals surface area contributed by atoms with Crippen LogP contribution >= 0.6 is 15.9 Å². The van der Waals surface area contributed by atoms with E-state index in [9.17, 15) is 9.59 Å². The summed E-state index contributed by atoms with van der Waals surface area (Å²) in [5.41, 5.74) is 1.76. The van der Waals surface area contributed by atoms with E-state index in [1.807, 2.05) is 38.1 Å². The van der Waals surface area contributed by atoms with Gasteiger partial charge in [-0.1, -0.05) is 35.0 Å². The first-order valence-corrected chi connectivity index (χ1v) is 7.96. The lowest BCUT2D eigenvalue weighted by Crippen LogP contribution is -2.45. The molecule has 0 spiro atoms. The van der Waals surface area contributed by atoms with Crippen molar-refractivity contribution in [2.45, 2.75) is 39.3 Å². The van der Waals surface area contributed by atoms with E-state index in [-0.39, 0.29) is 12.1 Å².